The lowest BCUT2D eigenvalue weighted by Crippen LogP contribution is -1.96. The molecular weight excluding hydrogens is 254 g/mol. The van der Waals surface area contributed by atoms with Crippen molar-refractivity contribution in [3.8, 4) is 0 Å². The number of halogens is 1. The minimum Gasteiger partial charge on any atom is -0.256 e. The van der Waals surface area contributed by atoms with Crippen LogP contribution >= 0.6 is 11.6 Å². The van der Waals surface area contributed by atoms with Crippen molar-refractivity contribution in [2.75, 3.05) is 0 Å². The number of hydrogen-bond donors (Lipinski definition) is 0. The summed E-state index contributed by atoms with van der Waals surface area (Å²) in [4.78, 5) is 4.42. The zero-order valence-corrected chi connectivity index (χ0v) is 11.7. The van der Waals surface area contributed by atoms with E-state index in [2.05, 4.69) is 35.3 Å². The summed E-state index contributed by atoms with van der Waals surface area (Å²) in [6.45, 7) is 0. The Morgan fingerprint density at radius 3 is 3.00 bits per heavy atom. The van der Waals surface area contributed by atoms with E-state index in [9.17, 15) is 0 Å². The van der Waals surface area contributed by atoms with Crippen LogP contribution in [0.1, 0.15) is 31.2 Å². The van der Waals surface area contributed by atoms with Gasteiger partial charge in [0.25, 0.3) is 0 Å². The number of para-hydroxylation sites is 1. The molecule has 0 aliphatic heterocycles. The minimum absolute atomic E-state index is 0.214. The first-order chi connectivity index (χ1) is 9.33. The highest BCUT2D eigenvalue weighted by atomic mass is 35.5. The Labute approximate surface area is 119 Å². The van der Waals surface area contributed by atoms with Crippen LogP contribution in [0.4, 0.5) is 0 Å². The second kappa shape index (κ2) is 5.75. The number of benzene rings is 1. The Bertz CT molecular complexity index is 598. The first kappa shape index (κ1) is 12.7. The summed E-state index contributed by atoms with van der Waals surface area (Å²) in [6.07, 6.45) is 9.98. The molecule has 98 valence electrons. The van der Waals surface area contributed by atoms with Crippen LogP contribution in [0, 0.1) is 0 Å². The number of fused-ring (bicyclic) bond motifs is 1. The van der Waals surface area contributed by atoms with Crippen LogP contribution in [-0.4, -0.2) is 10.4 Å². The van der Waals surface area contributed by atoms with Crippen molar-refractivity contribution in [3.05, 3.63) is 53.7 Å². The Balaban J connectivity index is 1.92. The Kier molecular flexibility index (Phi) is 3.84. The Morgan fingerprint density at radius 2 is 2.05 bits per heavy atom. The molecule has 1 atom stereocenters. The highest BCUT2D eigenvalue weighted by Gasteiger charge is 2.11. The monoisotopic (exact) mass is 271 g/mol. The molecule has 0 amide bonds. The molecule has 0 radical (unpaired) electrons. The van der Waals surface area contributed by atoms with Gasteiger partial charge < -0.3 is 0 Å². The number of nitrogens with zero attached hydrogens (tertiary/aromatic N) is 1. The third-order valence-corrected chi connectivity index (χ3v) is 4.15. The van der Waals surface area contributed by atoms with E-state index in [1.54, 1.807) is 0 Å². The Morgan fingerprint density at radius 1 is 1.16 bits per heavy atom. The van der Waals surface area contributed by atoms with E-state index < -0.39 is 0 Å². The van der Waals surface area contributed by atoms with Crippen molar-refractivity contribution in [2.24, 2.45) is 0 Å². The van der Waals surface area contributed by atoms with Gasteiger partial charge in [0.15, 0.2) is 0 Å². The number of pyridine rings is 1. The topological polar surface area (TPSA) is 12.9 Å². The summed E-state index contributed by atoms with van der Waals surface area (Å²) in [5.74, 6) is 0. The SMILES string of the molecule is ClC1C=C(Cc2ccnc3ccccc23)CCCC1. The van der Waals surface area contributed by atoms with Crippen LogP contribution in [-0.2, 0) is 6.42 Å². The predicted octanol–water partition coefficient (Wildman–Crippen LogP) is 4.89. The van der Waals surface area contributed by atoms with E-state index in [4.69, 9.17) is 11.6 Å². The van der Waals surface area contributed by atoms with Gasteiger partial charge in [0.1, 0.15) is 0 Å². The van der Waals surface area contributed by atoms with Gasteiger partial charge in [0, 0.05) is 11.6 Å². The van der Waals surface area contributed by atoms with E-state index in [0.717, 1.165) is 18.4 Å². The third kappa shape index (κ3) is 2.98. The van der Waals surface area contributed by atoms with Gasteiger partial charge in [0.05, 0.1) is 10.9 Å². The fraction of sp³-hybridized carbons (Fsp3) is 0.353. The van der Waals surface area contributed by atoms with E-state index in [0.29, 0.717) is 0 Å². The zero-order chi connectivity index (χ0) is 13.1. The average Bonchev–Trinajstić information content (AvgIpc) is 2.63. The molecule has 1 aliphatic carbocycles. The summed E-state index contributed by atoms with van der Waals surface area (Å²) in [6, 6.07) is 10.5. The molecular formula is C17H18ClN. The molecule has 0 N–H and O–H groups in total. The largest absolute Gasteiger partial charge is 0.256 e. The second-order valence-electron chi connectivity index (χ2n) is 5.25. The molecule has 0 bridgehead atoms. The molecule has 1 aliphatic rings. The van der Waals surface area contributed by atoms with Crippen molar-refractivity contribution in [3.63, 3.8) is 0 Å². The van der Waals surface area contributed by atoms with Crippen molar-refractivity contribution in [1.82, 2.24) is 4.98 Å². The van der Waals surface area contributed by atoms with Gasteiger partial charge in [-0.15, -0.1) is 11.6 Å². The lowest BCUT2D eigenvalue weighted by Gasteiger charge is -2.09. The zero-order valence-electron chi connectivity index (χ0n) is 11.0. The maximum absolute atomic E-state index is 6.31. The number of aromatic nitrogens is 1. The highest BCUT2D eigenvalue weighted by molar-refractivity contribution is 6.21. The minimum atomic E-state index is 0.214. The molecule has 0 fully saturated rings. The van der Waals surface area contributed by atoms with Gasteiger partial charge in [-0.05, 0) is 43.4 Å². The molecule has 0 saturated heterocycles. The van der Waals surface area contributed by atoms with E-state index in [1.807, 2.05) is 12.3 Å². The standard InChI is InChI=1S/C17H18ClN/c18-15-6-2-1-5-13(12-15)11-14-9-10-19-17-8-4-3-7-16(14)17/h3-4,7-10,12,15H,1-2,5-6,11H2. The maximum atomic E-state index is 6.31. The quantitative estimate of drug-likeness (QED) is 0.560. The van der Waals surface area contributed by atoms with Crippen LogP contribution in [0.2, 0.25) is 0 Å². The highest BCUT2D eigenvalue weighted by Crippen LogP contribution is 2.26. The average molecular weight is 272 g/mol. The number of alkyl halides is 1. The van der Waals surface area contributed by atoms with Gasteiger partial charge >= 0.3 is 0 Å². The van der Waals surface area contributed by atoms with Crippen molar-refractivity contribution in [2.45, 2.75) is 37.5 Å². The predicted molar refractivity (Wildman–Crippen MR) is 81.6 cm³/mol. The summed E-state index contributed by atoms with van der Waals surface area (Å²) >= 11 is 6.31. The van der Waals surface area contributed by atoms with Crippen LogP contribution in [0.5, 0.6) is 0 Å². The fourth-order valence-electron chi connectivity index (χ4n) is 2.81. The van der Waals surface area contributed by atoms with Crippen molar-refractivity contribution < 1.29 is 0 Å². The van der Waals surface area contributed by atoms with Gasteiger partial charge in [-0.1, -0.05) is 36.3 Å². The van der Waals surface area contributed by atoms with Gasteiger partial charge in [-0.3, -0.25) is 4.98 Å². The second-order valence-corrected chi connectivity index (χ2v) is 5.81. The summed E-state index contributed by atoms with van der Waals surface area (Å²) < 4.78 is 0. The van der Waals surface area contributed by atoms with Crippen LogP contribution in [0.25, 0.3) is 10.9 Å². The number of rotatable bonds is 2. The third-order valence-electron chi connectivity index (χ3n) is 3.80. The molecule has 1 aromatic heterocycles. The molecule has 0 saturated carbocycles. The van der Waals surface area contributed by atoms with Crippen LogP contribution in [0.3, 0.4) is 0 Å². The van der Waals surface area contributed by atoms with Crippen LogP contribution < -0.4 is 0 Å². The molecule has 3 rings (SSSR count). The molecule has 1 aromatic carbocycles. The summed E-state index contributed by atoms with van der Waals surface area (Å²) in [5.41, 5.74) is 3.92. The first-order valence-corrected chi connectivity index (χ1v) is 7.43. The molecule has 2 aromatic rings. The smallest absolute Gasteiger partial charge is 0.0704 e. The molecule has 19 heavy (non-hydrogen) atoms. The molecule has 2 heteroatoms. The molecule has 0 spiro atoms. The molecule has 1 heterocycles. The van der Waals surface area contributed by atoms with Gasteiger partial charge in [-0.25, -0.2) is 0 Å². The normalized spacial score (nSPS) is 20.1. The van der Waals surface area contributed by atoms with Crippen LogP contribution in [0.15, 0.2) is 48.2 Å². The molecule has 1 nitrogen and oxygen atoms in total. The van der Waals surface area contributed by atoms with E-state index >= 15 is 0 Å². The van der Waals surface area contributed by atoms with Gasteiger partial charge in [-0.2, -0.15) is 0 Å². The summed E-state index contributed by atoms with van der Waals surface area (Å²) in [7, 11) is 0. The molecule has 1 unspecified atom stereocenters. The number of hydrogen-bond acceptors (Lipinski definition) is 1. The maximum Gasteiger partial charge on any atom is 0.0704 e. The lowest BCUT2D eigenvalue weighted by atomic mass is 9.98. The van der Waals surface area contributed by atoms with E-state index in [1.165, 1.54) is 35.8 Å². The van der Waals surface area contributed by atoms with Crippen molar-refractivity contribution in [1.29, 1.82) is 0 Å². The van der Waals surface area contributed by atoms with E-state index in [-0.39, 0.29) is 5.38 Å². The van der Waals surface area contributed by atoms with Gasteiger partial charge in [0.2, 0.25) is 0 Å². The fourth-order valence-corrected chi connectivity index (χ4v) is 3.15. The lowest BCUT2D eigenvalue weighted by molar-refractivity contribution is 0.710. The number of allylic oxidation sites excluding steroid dienone is 2. The summed E-state index contributed by atoms with van der Waals surface area (Å²) in [5, 5.41) is 1.48. The Hall–Kier alpha value is -1.34. The first-order valence-electron chi connectivity index (χ1n) is 6.99. The van der Waals surface area contributed by atoms with Crippen molar-refractivity contribution >= 4 is 22.5 Å².